The molecule has 0 fully saturated rings. The molecule has 64 valence electrons. The van der Waals surface area contributed by atoms with Crippen LogP contribution in [0.5, 0.6) is 0 Å². The number of hydrogen-bond acceptors (Lipinski definition) is 3. The maximum atomic E-state index is 10.1. The Morgan fingerprint density at radius 3 is 3.08 bits per heavy atom. The molecule has 12 heavy (non-hydrogen) atoms. The fourth-order valence-corrected chi connectivity index (χ4v) is 0.919. The molecule has 1 rings (SSSR count). The zero-order chi connectivity index (χ0) is 8.81. The van der Waals surface area contributed by atoms with Crippen molar-refractivity contribution in [3.05, 3.63) is 30.1 Å². The Labute approximate surface area is 70.3 Å². The first-order chi connectivity index (χ1) is 5.88. The molecule has 2 N–H and O–H groups in total. The maximum absolute atomic E-state index is 10.1. The summed E-state index contributed by atoms with van der Waals surface area (Å²) >= 11 is 0. The molecule has 4 nitrogen and oxygen atoms in total. The molecular formula is C8H10N2O2. The van der Waals surface area contributed by atoms with Crippen molar-refractivity contribution in [2.24, 2.45) is 0 Å². The second kappa shape index (κ2) is 4.46. The van der Waals surface area contributed by atoms with Gasteiger partial charge in [0.05, 0.1) is 12.6 Å². The minimum Gasteiger partial charge on any atom is -0.394 e. The summed E-state index contributed by atoms with van der Waals surface area (Å²) in [6.07, 6.45) is 3.81. The van der Waals surface area contributed by atoms with Crippen LogP contribution in [0.3, 0.4) is 0 Å². The van der Waals surface area contributed by atoms with E-state index in [1.165, 1.54) is 0 Å². The van der Waals surface area contributed by atoms with Crippen LogP contribution in [0.1, 0.15) is 11.6 Å². The van der Waals surface area contributed by atoms with E-state index in [2.05, 4.69) is 10.3 Å². The summed E-state index contributed by atoms with van der Waals surface area (Å²) in [4.78, 5) is 14.0. The molecule has 0 unspecified atom stereocenters. The van der Waals surface area contributed by atoms with E-state index in [0.29, 0.717) is 6.41 Å². The number of hydrogen-bond donors (Lipinski definition) is 2. The van der Waals surface area contributed by atoms with Crippen LogP contribution in [0.25, 0.3) is 0 Å². The lowest BCUT2D eigenvalue weighted by atomic mass is 10.1. The van der Waals surface area contributed by atoms with Crippen LogP contribution < -0.4 is 5.32 Å². The predicted octanol–water partition coefficient (Wildman–Crippen LogP) is -0.139. The molecule has 0 spiro atoms. The summed E-state index contributed by atoms with van der Waals surface area (Å²) in [5.74, 6) is 0. The normalized spacial score (nSPS) is 12.1. The number of aliphatic hydroxyl groups is 1. The summed E-state index contributed by atoms with van der Waals surface area (Å²) in [7, 11) is 0. The number of rotatable bonds is 4. The Balaban J connectivity index is 2.72. The van der Waals surface area contributed by atoms with Crippen LogP contribution in [0.2, 0.25) is 0 Å². The number of nitrogens with zero attached hydrogens (tertiary/aromatic N) is 1. The summed E-state index contributed by atoms with van der Waals surface area (Å²) in [6, 6.07) is 3.20. The third-order valence-electron chi connectivity index (χ3n) is 1.54. The van der Waals surface area contributed by atoms with Crippen molar-refractivity contribution in [3.63, 3.8) is 0 Å². The van der Waals surface area contributed by atoms with E-state index in [1.54, 1.807) is 24.5 Å². The Morgan fingerprint density at radius 2 is 2.58 bits per heavy atom. The predicted molar refractivity (Wildman–Crippen MR) is 43.3 cm³/mol. The number of aromatic nitrogens is 1. The van der Waals surface area contributed by atoms with Gasteiger partial charge in [-0.15, -0.1) is 0 Å². The lowest BCUT2D eigenvalue weighted by molar-refractivity contribution is -0.110. The number of carbonyl (C=O) groups excluding carboxylic acids is 1. The molecule has 0 aromatic carbocycles. The minimum absolute atomic E-state index is 0.121. The Kier molecular flexibility index (Phi) is 3.22. The van der Waals surface area contributed by atoms with Gasteiger partial charge >= 0.3 is 0 Å². The van der Waals surface area contributed by atoms with E-state index in [9.17, 15) is 4.79 Å². The topological polar surface area (TPSA) is 62.2 Å². The third-order valence-corrected chi connectivity index (χ3v) is 1.54. The van der Waals surface area contributed by atoms with Gasteiger partial charge in [-0.05, 0) is 11.6 Å². The Bertz CT molecular complexity index is 238. The number of amides is 1. The smallest absolute Gasteiger partial charge is 0.207 e. The molecule has 1 aromatic rings. The van der Waals surface area contributed by atoms with Crippen molar-refractivity contribution < 1.29 is 9.90 Å². The molecule has 0 aliphatic rings. The van der Waals surface area contributed by atoms with E-state index in [-0.39, 0.29) is 12.6 Å². The van der Waals surface area contributed by atoms with Crippen LogP contribution in [-0.2, 0) is 4.79 Å². The minimum atomic E-state index is -0.351. The number of pyridine rings is 1. The van der Waals surface area contributed by atoms with Crippen LogP contribution in [0.4, 0.5) is 0 Å². The number of carbonyl (C=O) groups is 1. The van der Waals surface area contributed by atoms with E-state index >= 15 is 0 Å². The van der Waals surface area contributed by atoms with Gasteiger partial charge < -0.3 is 10.4 Å². The molecule has 4 heteroatoms. The third kappa shape index (κ3) is 2.03. The monoisotopic (exact) mass is 166 g/mol. The summed E-state index contributed by atoms with van der Waals surface area (Å²) < 4.78 is 0. The molecule has 1 aromatic heterocycles. The van der Waals surface area contributed by atoms with Crippen molar-refractivity contribution in [2.75, 3.05) is 6.61 Å². The molecule has 0 saturated carbocycles. The lowest BCUT2D eigenvalue weighted by Gasteiger charge is -2.11. The first kappa shape index (κ1) is 8.67. The van der Waals surface area contributed by atoms with Gasteiger partial charge in [0.15, 0.2) is 0 Å². The summed E-state index contributed by atoms with van der Waals surface area (Å²) in [6.45, 7) is -0.121. The Morgan fingerprint density at radius 1 is 1.75 bits per heavy atom. The van der Waals surface area contributed by atoms with Crippen molar-refractivity contribution >= 4 is 6.41 Å². The van der Waals surface area contributed by atoms with Crippen LogP contribution in [0.15, 0.2) is 24.5 Å². The van der Waals surface area contributed by atoms with Crippen molar-refractivity contribution in [1.29, 1.82) is 0 Å². The van der Waals surface area contributed by atoms with Crippen LogP contribution >= 0.6 is 0 Å². The fraction of sp³-hybridized carbons (Fsp3) is 0.250. The highest BCUT2D eigenvalue weighted by Crippen LogP contribution is 2.08. The van der Waals surface area contributed by atoms with Gasteiger partial charge in [0.25, 0.3) is 0 Å². The highest BCUT2D eigenvalue weighted by molar-refractivity contribution is 5.47. The van der Waals surface area contributed by atoms with Gasteiger partial charge in [0.1, 0.15) is 0 Å². The van der Waals surface area contributed by atoms with Crippen molar-refractivity contribution in [1.82, 2.24) is 10.3 Å². The average Bonchev–Trinajstić information content (AvgIpc) is 2.15. The van der Waals surface area contributed by atoms with Gasteiger partial charge in [0, 0.05) is 12.4 Å². The standard InChI is InChI=1S/C8H10N2O2/c11-5-8(10-6-12)7-2-1-3-9-4-7/h1-4,6,8,11H,5H2,(H,10,12)/t8-/m1/s1. The first-order valence-electron chi connectivity index (χ1n) is 3.59. The second-order valence-electron chi connectivity index (χ2n) is 2.31. The molecule has 0 aliphatic carbocycles. The quantitative estimate of drug-likeness (QED) is 0.612. The molecule has 1 amide bonds. The largest absolute Gasteiger partial charge is 0.394 e. The Hall–Kier alpha value is -1.42. The van der Waals surface area contributed by atoms with Crippen molar-refractivity contribution in [3.8, 4) is 0 Å². The molecule has 0 bridgehead atoms. The molecule has 1 heterocycles. The summed E-state index contributed by atoms with van der Waals surface area (Å²) in [5.41, 5.74) is 0.798. The average molecular weight is 166 g/mol. The van der Waals surface area contributed by atoms with Crippen molar-refractivity contribution in [2.45, 2.75) is 6.04 Å². The summed E-state index contributed by atoms with van der Waals surface area (Å²) in [5, 5.41) is 11.3. The van der Waals surface area contributed by atoms with E-state index < -0.39 is 0 Å². The van der Waals surface area contributed by atoms with E-state index in [0.717, 1.165) is 5.56 Å². The highest BCUT2D eigenvalue weighted by Gasteiger charge is 2.07. The van der Waals surface area contributed by atoms with Crippen LogP contribution in [-0.4, -0.2) is 23.1 Å². The first-order valence-corrected chi connectivity index (χ1v) is 3.59. The van der Waals surface area contributed by atoms with Gasteiger partial charge in [-0.25, -0.2) is 0 Å². The molecule has 0 radical (unpaired) electrons. The highest BCUT2D eigenvalue weighted by atomic mass is 16.3. The number of nitrogens with one attached hydrogen (secondary N) is 1. The fourth-order valence-electron chi connectivity index (χ4n) is 0.919. The molecule has 1 atom stereocenters. The molecular weight excluding hydrogens is 156 g/mol. The molecule has 0 saturated heterocycles. The molecule has 0 aliphatic heterocycles. The SMILES string of the molecule is O=CN[C@H](CO)c1cccnc1. The van der Waals surface area contributed by atoms with Gasteiger partial charge in [-0.2, -0.15) is 0 Å². The second-order valence-corrected chi connectivity index (χ2v) is 2.31. The van der Waals surface area contributed by atoms with E-state index in [4.69, 9.17) is 5.11 Å². The maximum Gasteiger partial charge on any atom is 0.207 e. The van der Waals surface area contributed by atoms with Gasteiger partial charge in [-0.1, -0.05) is 6.07 Å². The van der Waals surface area contributed by atoms with Gasteiger partial charge in [0.2, 0.25) is 6.41 Å². The zero-order valence-electron chi connectivity index (χ0n) is 6.47. The van der Waals surface area contributed by atoms with Gasteiger partial charge in [-0.3, -0.25) is 9.78 Å². The lowest BCUT2D eigenvalue weighted by Crippen LogP contribution is -2.22. The van der Waals surface area contributed by atoms with Crippen LogP contribution in [0, 0.1) is 0 Å². The van der Waals surface area contributed by atoms with E-state index in [1.807, 2.05) is 0 Å². The zero-order valence-corrected chi connectivity index (χ0v) is 6.47. The number of aliphatic hydroxyl groups excluding tert-OH is 1.